The lowest BCUT2D eigenvalue weighted by molar-refractivity contribution is 0.0693. The van der Waals surface area contributed by atoms with E-state index in [2.05, 4.69) is 31.9 Å². The third kappa shape index (κ3) is 5.01. The van der Waals surface area contributed by atoms with Crippen LogP contribution in [-0.4, -0.2) is 32.3 Å². The molecule has 0 spiro atoms. The first-order valence-electron chi connectivity index (χ1n) is 11.3. The standard InChI is InChI=1S/C28H23Br2NO5/c1-15-6-3-4-7-19(15)27-26(20-13-21(28(35)36)25(34)14-22(20)31(27)2)24(33)9-5-8-23(32)16-10-17(29)12-18(30)11-16/h3-4,6-7,10-14,34H,5,8-9H2,1-2H3,(H,35,36). The summed E-state index contributed by atoms with van der Waals surface area (Å²) in [5, 5.41) is 20.3. The predicted octanol–water partition coefficient (Wildman–Crippen LogP) is 7.32. The Morgan fingerprint density at radius 1 is 0.917 bits per heavy atom. The summed E-state index contributed by atoms with van der Waals surface area (Å²) in [5.41, 5.74) is 3.67. The third-order valence-electron chi connectivity index (χ3n) is 6.22. The number of rotatable bonds is 8. The first kappa shape index (κ1) is 25.9. The van der Waals surface area contributed by atoms with Gasteiger partial charge in [-0.1, -0.05) is 56.1 Å². The zero-order valence-electron chi connectivity index (χ0n) is 19.6. The Morgan fingerprint density at radius 2 is 1.56 bits per heavy atom. The SMILES string of the molecule is Cc1ccccc1-c1c(C(=O)CCCC(=O)c2cc(Br)cc(Br)c2)c2cc(C(=O)O)c(O)cc2n1C. The molecule has 36 heavy (non-hydrogen) atoms. The van der Waals surface area contributed by atoms with Gasteiger partial charge in [0.1, 0.15) is 11.3 Å². The van der Waals surface area contributed by atoms with Gasteiger partial charge < -0.3 is 14.8 Å². The summed E-state index contributed by atoms with van der Waals surface area (Å²) in [4.78, 5) is 38.0. The van der Waals surface area contributed by atoms with Gasteiger partial charge in [0.25, 0.3) is 0 Å². The molecule has 0 unspecified atom stereocenters. The molecule has 4 aromatic rings. The van der Waals surface area contributed by atoms with Crippen LogP contribution in [0.5, 0.6) is 5.75 Å². The lowest BCUT2D eigenvalue weighted by atomic mass is 9.95. The molecule has 184 valence electrons. The number of carboxylic acid groups (broad SMARTS) is 1. The fourth-order valence-electron chi connectivity index (χ4n) is 4.47. The van der Waals surface area contributed by atoms with Crippen LogP contribution < -0.4 is 0 Å². The van der Waals surface area contributed by atoms with E-state index < -0.39 is 5.97 Å². The van der Waals surface area contributed by atoms with E-state index in [1.54, 1.807) is 23.7 Å². The van der Waals surface area contributed by atoms with Crippen molar-refractivity contribution in [2.24, 2.45) is 7.05 Å². The summed E-state index contributed by atoms with van der Waals surface area (Å²) >= 11 is 6.77. The number of aromatic carboxylic acids is 1. The largest absolute Gasteiger partial charge is 0.507 e. The summed E-state index contributed by atoms with van der Waals surface area (Å²) in [6, 6.07) is 15.7. The Hall–Kier alpha value is -3.23. The number of carbonyl (C=O) groups excluding carboxylic acids is 2. The van der Waals surface area contributed by atoms with Crippen molar-refractivity contribution in [3.63, 3.8) is 0 Å². The normalized spacial score (nSPS) is 11.1. The molecule has 0 radical (unpaired) electrons. The van der Waals surface area contributed by atoms with Crippen LogP contribution in [-0.2, 0) is 7.05 Å². The molecule has 0 bridgehead atoms. The van der Waals surface area contributed by atoms with E-state index in [1.165, 1.54) is 12.1 Å². The Kier molecular flexibility index (Phi) is 7.47. The number of hydrogen-bond donors (Lipinski definition) is 2. The predicted molar refractivity (Wildman–Crippen MR) is 146 cm³/mol. The quantitative estimate of drug-likeness (QED) is 0.203. The average molecular weight is 613 g/mol. The van der Waals surface area contributed by atoms with Gasteiger partial charge in [-0.15, -0.1) is 0 Å². The molecule has 0 atom stereocenters. The molecule has 0 aliphatic heterocycles. The number of phenols is 1. The molecule has 0 aliphatic rings. The van der Waals surface area contributed by atoms with Gasteiger partial charge in [-0.3, -0.25) is 9.59 Å². The van der Waals surface area contributed by atoms with Crippen LogP contribution in [0.25, 0.3) is 22.2 Å². The molecule has 0 saturated carbocycles. The summed E-state index contributed by atoms with van der Waals surface area (Å²) in [6.07, 6.45) is 0.651. The second-order valence-electron chi connectivity index (χ2n) is 8.65. The van der Waals surface area contributed by atoms with E-state index in [9.17, 15) is 24.6 Å². The molecule has 0 aliphatic carbocycles. The highest BCUT2D eigenvalue weighted by Crippen LogP contribution is 2.38. The molecule has 1 aromatic heterocycles. The summed E-state index contributed by atoms with van der Waals surface area (Å²) < 4.78 is 3.38. The molecular weight excluding hydrogens is 590 g/mol. The van der Waals surface area contributed by atoms with E-state index in [0.29, 0.717) is 34.1 Å². The summed E-state index contributed by atoms with van der Waals surface area (Å²) in [5.74, 6) is -1.90. The van der Waals surface area contributed by atoms with Gasteiger partial charge >= 0.3 is 5.97 Å². The number of fused-ring (bicyclic) bond motifs is 1. The number of aromatic nitrogens is 1. The first-order valence-corrected chi connectivity index (χ1v) is 12.8. The van der Waals surface area contributed by atoms with Crippen molar-refractivity contribution in [2.45, 2.75) is 26.2 Å². The number of carbonyl (C=O) groups is 3. The Labute approximate surface area is 224 Å². The Bertz CT molecular complexity index is 1520. The second kappa shape index (κ2) is 10.4. The van der Waals surface area contributed by atoms with Crippen molar-refractivity contribution < 1.29 is 24.6 Å². The van der Waals surface area contributed by atoms with E-state index in [0.717, 1.165) is 20.1 Å². The number of halogens is 2. The van der Waals surface area contributed by atoms with Crippen molar-refractivity contribution in [3.05, 3.63) is 85.8 Å². The maximum absolute atomic E-state index is 13.6. The van der Waals surface area contributed by atoms with Gasteiger partial charge in [0.2, 0.25) is 0 Å². The lowest BCUT2D eigenvalue weighted by Crippen LogP contribution is -2.06. The molecule has 0 saturated heterocycles. The number of carboxylic acids is 1. The monoisotopic (exact) mass is 611 g/mol. The number of nitrogens with zero attached hydrogens (tertiary/aromatic N) is 1. The van der Waals surface area contributed by atoms with Gasteiger partial charge in [-0.25, -0.2) is 4.79 Å². The zero-order chi connectivity index (χ0) is 26.1. The van der Waals surface area contributed by atoms with Crippen LogP contribution in [0.4, 0.5) is 0 Å². The van der Waals surface area contributed by atoms with E-state index in [-0.39, 0.29) is 35.7 Å². The third-order valence-corrected chi connectivity index (χ3v) is 7.13. The molecular formula is C28H23Br2NO5. The van der Waals surface area contributed by atoms with Crippen molar-refractivity contribution >= 4 is 60.3 Å². The Morgan fingerprint density at radius 3 is 2.19 bits per heavy atom. The maximum atomic E-state index is 13.6. The van der Waals surface area contributed by atoms with Gasteiger partial charge in [0.05, 0.1) is 16.8 Å². The van der Waals surface area contributed by atoms with E-state index in [1.807, 2.05) is 37.3 Å². The molecule has 0 fully saturated rings. The summed E-state index contributed by atoms with van der Waals surface area (Å²) in [6.45, 7) is 1.94. The van der Waals surface area contributed by atoms with Crippen LogP contribution in [0.1, 0.15) is 55.9 Å². The van der Waals surface area contributed by atoms with Gasteiger partial charge in [0.15, 0.2) is 11.6 Å². The van der Waals surface area contributed by atoms with Crippen LogP contribution in [0.2, 0.25) is 0 Å². The summed E-state index contributed by atoms with van der Waals surface area (Å²) in [7, 11) is 1.79. The minimum Gasteiger partial charge on any atom is -0.507 e. The minimum atomic E-state index is -1.28. The molecule has 2 N–H and O–H groups in total. The maximum Gasteiger partial charge on any atom is 0.339 e. The van der Waals surface area contributed by atoms with Gasteiger partial charge in [-0.05, 0) is 43.2 Å². The topological polar surface area (TPSA) is 96.6 Å². The highest BCUT2D eigenvalue weighted by Gasteiger charge is 2.25. The van der Waals surface area contributed by atoms with Crippen molar-refractivity contribution in [1.82, 2.24) is 4.57 Å². The number of ketones is 2. The lowest BCUT2D eigenvalue weighted by Gasteiger charge is -2.11. The van der Waals surface area contributed by atoms with Crippen molar-refractivity contribution in [3.8, 4) is 17.0 Å². The molecule has 0 amide bonds. The van der Waals surface area contributed by atoms with Crippen LogP contribution in [0.3, 0.4) is 0 Å². The smallest absolute Gasteiger partial charge is 0.339 e. The highest BCUT2D eigenvalue weighted by molar-refractivity contribution is 9.11. The van der Waals surface area contributed by atoms with Crippen LogP contribution in [0.15, 0.2) is 63.5 Å². The number of benzene rings is 3. The fourth-order valence-corrected chi connectivity index (χ4v) is 5.77. The number of Topliss-reactive ketones (excluding diaryl/α,β-unsaturated/α-hetero) is 2. The first-order chi connectivity index (χ1) is 17.1. The zero-order valence-corrected chi connectivity index (χ0v) is 22.8. The van der Waals surface area contributed by atoms with Crippen LogP contribution in [0, 0.1) is 6.92 Å². The molecule has 4 rings (SSSR count). The molecule has 1 heterocycles. The van der Waals surface area contributed by atoms with Gasteiger partial charge in [0, 0.05) is 51.4 Å². The van der Waals surface area contributed by atoms with Crippen molar-refractivity contribution in [2.75, 3.05) is 0 Å². The number of aryl methyl sites for hydroxylation is 2. The van der Waals surface area contributed by atoms with E-state index >= 15 is 0 Å². The molecule has 6 nitrogen and oxygen atoms in total. The average Bonchev–Trinajstić information content (AvgIpc) is 3.09. The highest BCUT2D eigenvalue weighted by atomic mass is 79.9. The Balaban J connectivity index is 1.73. The van der Waals surface area contributed by atoms with Crippen LogP contribution >= 0.6 is 31.9 Å². The minimum absolute atomic E-state index is 0.0695. The number of hydrogen-bond acceptors (Lipinski definition) is 4. The molecule has 8 heteroatoms. The van der Waals surface area contributed by atoms with E-state index in [4.69, 9.17) is 0 Å². The van der Waals surface area contributed by atoms with Gasteiger partial charge in [-0.2, -0.15) is 0 Å². The number of aromatic hydroxyl groups is 1. The fraction of sp³-hybridized carbons (Fsp3) is 0.179. The molecule has 3 aromatic carbocycles. The second-order valence-corrected chi connectivity index (χ2v) is 10.5. The van der Waals surface area contributed by atoms with Crippen molar-refractivity contribution in [1.29, 1.82) is 0 Å².